The number of aliphatic hydroxyl groups excluding tert-OH is 1. The molecule has 96 valence electrons. The van der Waals surface area contributed by atoms with Gasteiger partial charge in [0.05, 0.1) is 5.69 Å². The molecule has 1 aromatic carbocycles. The molecule has 0 aliphatic heterocycles. The molecule has 0 spiro atoms. The van der Waals surface area contributed by atoms with Crippen LogP contribution in [-0.4, -0.2) is 16.7 Å². The van der Waals surface area contributed by atoms with Crippen molar-refractivity contribution in [1.82, 2.24) is 4.98 Å². The van der Waals surface area contributed by atoms with Crippen LogP contribution in [0.3, 0.4) is 0 Å². The SMILES string of the molecule is Cc1sc(-c2ccc(C(C)C)cc2)nc1CCO. The van der Waals surface area contributed by atoms with E-state index in [1.165, 1.54) is 10.4 Å². The number of aromatic nitrogens is 1. The molecule has 0 saturated carbocycles. The zero-order valence-corrected chi connectivity index (χ0v) is 11.9. The monoisotopic (exact) mass is 261 g/mol. The second-order valence-corrected chi connectivity index (χ2v) is 5.98. The van der Waals surface area contributed by atoms with E-state index in [-0.39, 0.29) is 6.61 Å². The van der Waals surface area contributed by atoms with Gasteiger partial charge in [0.15, 0.2) is 0 Å². The molecule has 0 radical (unpaired) electrons. The molecule has 2 aromatic rings. The lowest BCUT2D eigenvalue weighted by Crippen LogP contribution is -1.92. The second-order valence-electron chi connectivity index (χ2n) is 4.77. The number of nitrogens with zero attached hydrogens (tertiary/aromatic N) is 1. The van der Waals surface area contributed by atoms with Crippen LogP contribution >= 0.6 is 11.3 Å². The Balaban J connectivity index is 2.28. The Morgan fingerprint density at radius 2 is 1.89 bits per heavy atom. The Kier molecular flexibility index (Phi) is 4.15. The van der Waals surface area contributed by atoms with Gasteiger partial charge in [-0.2, -0.15) is 0 Å². The van der Waals surface area contributed by atoms with Crippen LogP contribution in [-0.2, 0) is 6.42 Å². The quantitative estimate of drug-likeness (QED) is 0.908. The molecule has 0 aliphatic carbocycles. The van der Waals surface area contributed by atoms with E-state index in [0.29, 0.717) is 12.3 Å². The van der Waals surface area contributed by atoms with E-state index >= 15 is 0 Å². The minimum Gasteiger partial charge on any atom is -0.396 e. The van der Waals surface area contributed by atoms with Gasteiger partial charge in [0.2, 0.25) is 0 Å². The topological polar surface area (TPSA) is 33.1 Å². The predicted octanol–water partition coefficient (Wildman–Crippen LogP) is 3.78. The van der Waals surface area contributed by atoms with Crippen molar-refractivity contribution in [2.24, 2.45) is 0 Å². The van der Waals surface area contributed by atoms with Crippen molar-refractivity contribution in [2.75, 3.05) is 6.61 Å². The van der Waals surface area contributed by atoms with Gasteiger partial charge in [0.1, 0.15) is 5.01 Å². The first-order valence-corrected chi connectivity index (χ1v) is 7.11. The van der Waals surface area contributed by atoms with Crippen LogP contribution in [0.5, 0.6) is 0 Å². The molecular formula is C15H19NOS. The Labute approximate surface area is 112 Å². The van der Waals surface area contributed by atoms with E-state index in [2.05, 4.69) is 50.0 Å². The van der Waals surface area contributed by atoms with Crippen molar-refractivity contribution in [3.8, 4) is 10.6 Å². The van der Waals surface area contributed by atoms with Crippen LogP contribution in [0.25, 0.3) is 10.6 Å². The lowest BCUT2D eigenvalue weighted by molar-refractivity contribution is 0.298. The Morgan fingerprint density at radius 1 is 1.22 bits per heavy atom. The van der Waals surface area contributed by atoms with E-state index in [1.807, 2.05) is 0 Å². The fraction of sp³-hybridized carbons (Fsp3) is 0.400. The van der Waals surface area contributed by atoms with Gasteiger partial charge in [-0.25, -0.2) is 4.98 Å². The summed E-state index contributed by atoms with van der Waals surface area (Å²) in [5.74, 6) is 0.557. The van der Waals surface area contributed by atoms with E-state index in [0.717, 1.165) is 16.3 Å². The average Bonchev–Trinajstić information content (AvgIpc) is 2.72. The van der Waals surface area contributed by atoms with Crippen molar-refractivity contribution < 1.29 is 5.11 Å². The van der Waals surface area contributed by atoms with Crippen LogP contribution < -0.4 is 0 Å². The number of hydrogen-bond donors (Lipinski definition) is 1. The third-order valence-corrected chi connectivity index (χ3v) is 4.13. The summed E-state index contributed by atoms with van der Waals surface area (Å²) >= 11 is 1.70. The molecular weight excluding hydrogens is 242 g/mol. The van der Waals surface area contributed by atoms with Crippen LogP contribution in [0.2, 0.25) is 0 Å². The Bertz CT molecular complexity index is 514. The summed E-state index contributed by atoms with van der Waals surface area (Å²) in [6.07, 6.45) is 0.645. The average molecular weight is 261 g/mol. The van der Waals surface area contributed by atoms with Crippen molar-refractivity contribution in [3.63, 3.8) is 0 Å². The molecule has 0 unspecified atom stereocenters. The van der Waals surface area contributed by atoms with E-state index < -0.39 is 0 Å². The maximum atomic E-state index is 8.99. The molecule has 0 atom stereocenters. The molecule has 3 heteroatoms. The minimum atomic E-state index is 0.163. The molecule has 2 rings (SSSR count). The first-order valence-electron chi connectivity index (χ1n) is 6.29. The van der Waals surface area contributed by atoms with Crippen LogP contribution in [0.1, 0.15) is 35.9 Å². The highest BCUT2D eigenvalue weighted by Crippen LogP contribution is 2.28. The highest BCUT2D eigenvalue weighted by molar-refractivity contribution is 7.15. The van der Waals surface area contributed by atoms with E-state index in [9.17, 15) is 0 Å². The molecule has 1 aromatic heterocycles. The van der Waals surface area contributed by atoms with Gasteiger partial charge in [-0.3, -0.25) is 0 Å². The largest absolute Gasteiger partial charge is 0.396 e. The van der Waals surface area contributed by atoms with Crippen molar-refractivity contribution in [3.05, 3.63) is 40.4 Å². The van der Waals surface area contributed by atoms with Gasteiger partial charge in [-0.05, 0) is 18.4 Å². The van der Waals surface area contributed by atoms with Gasteiger partial charge in [-0.15, -0.1) is 11.3 Å². The first-order chi connectivity index (χ1) is 8.61. The summed E-state index contributed by atoms with van der Waals surface area (Å²) in [7, 11) is 0. The number of hydrogen-bond acceptors (Lipinski definition) is 3. The normalized spacial score (nSPS) is 11.2. The molecule has 0 saturated heterocycles. The first kappa shape index (κ1) is 13.2. The van der Waals surface area contributed by atoms with E-state index in [1.54, 1.807) is 11.3 Å². The molecule has 0 aliphatic rings. The second kappa shape index (κ2) is 5.63. The summed E-state index contributed by atoms with van der Waals surface area (Å²) in [4.78, 5) is 5.80. The lowest BCUT2D eigenvalue weighted by atomic mass is 10.0. The van der Waals surface area contributed by atoms with Gasteiger partial charge >= 0.3 is 0 Å². The fourth-order valence-corrected chi connectivity index (χ4v) is 2.87. The zero-order chi connectivity index (χ0) is 13.1. The Hall–Kier alpha value is -1.19. The highest BCUT2D eigenvalue weighted by atomic mass is 32.1. The van der Waals surface area contributed by atoms with Gasteiger partial charge in [0, 0.05) is 23.5 Å². The highest BCUT2D eigenvalue weighted by Gasteiger charge is 2.09. The van der Waals surface area contributed by atoms with Crippen LogP contribution in [0, 0.1) is 6.92 Å². The number of rotatable bonds is 4. The molecule has 0 bridgehead atoms. The number of aliphatic hydroxyl groups is 1. The van der Waals surface area contributed by atoms with E-state index in [4.69, 9.17) is 5.11 Å². The summed E-state index contributed by atoms with van der Waals surface area (Å²) in [5.41, 5.74) is 3.53. The van der Waals surface area contributed by atoms with Gasteiger partial charge in [0.25, 0.3) is 0 Å². The standard InChI is InChI=1S/C15H19NOS/c1-10(2)12-4-6-13(7-5-12)15-16-14(8-9-17)11(3)18-15/h4-7,10,17H,8-9H2,1-3H3. The third-order valence-electron chi connectivity index (χ3n) is 3.07. The maximum absolute atomic E-state index is 8.99. The molecule has 18 heavy (non-hydrogen) atoms. The summed E-state index contributed by atoms with van der Waals surface area (Å²) in [6.45, 7) is 6.62. The predicted molar refractivity (Wildman–Crippen MR) is 77.2 cm³/mol. The van der Waals surface area contributed by atoms with Crippen molar-refractivity contribution >= 4 is 11.3 Å². The lowest BCUT2D eigenvalue weighted by Gasteiger charge is -2.05. The Morgan fingerprint density at radius 3 is 2.44 bits per heavy atom. The number of aryl methyl sites for hydroxylation is 1. The summed E-state index contributed by atoms with van der Waals surface area (Å²) in [5, 5.41) is 10.0. The number of thiazole rings is 1. The van der Waals surface area contributed by atoms with Crippen molar-refractivity contribution in [2.45, 2.75) is 33.1 Å². The van der Waals surface area contributed by atoms with Gasteiger partial charge < -0.3 is 5.11 Å². The van der Waals surface area contributed by atoms with Crippen LogP contribution in [0.15, 0.2) is 24.3 Å². The molecule has 1 N–H and O–H groups in total. The molecule has 0 amide bonds. The number of benzene rings is 1. The molecule has 0 fully saturated rings. The minimum absolute atomic E-state index is 0.163. The summed E-state index contributed by atoms with van der Waals surface area (Å²) < 4.78 is 0. The third kappa shape index (κ3) is 2.79. The smallest absolute Gasteiger partial charge is 0.123 e. The summed E-state index contributed by atoms with van der Waals surface area (Å²) in [6, 6.07) is 8.61. The molecule has 2 nitrogen and oxygen atoms in total. The molecule has 1 heterocycles. The van der Waals surface area contributed by atoms with Crippen molar-refractivity contribution in [1.29, 1.82) is 0 Å². The zero-order valence-electron chi connectivity index (χ0n) is 11.1. The maximum Gasteiger partial charge on any atom is 0.123 e. The fourth-order valence-electron chi connectivity index (χ4n) is 1.90. The van der Waals surface area contributed by atoms with Crippen LogP contribution in [0.4, 0.5) is 0 Å². The van der Waals surface area contributed by atoms with Gasteiger partial charge in [-0.1, -0.05) is 38.1 Å².